The molecule has 0 saturated heterocycles. The van der Waals surface area contributed by atoms with Gasteiger partial charge in [-0.3, -0.25) is 9.78 Å². The van der Waals surface area contributed by atoms with Gasteiger partial charge in [0.2, 0.25) is 5.78 Å². The van der Waals surface area contributed by atoms with Gasteiger partial charge in [-0.25, -0.2) is 0 Å². The van der Waals surface area contributed by atoms with Crippen molar-refractivity contribution in [3.8, 4) is 0 Å². The third-order valence-corrected chi connectivity index (χ3v) is 3.97. The van der Waals surface area contributed by atoms with E-state index in [2.05, 4.69) is 4.98 Å². The molecule has 2 heterocycles. The summed E-state index contributed by atoms with van der Waals surface area (Å²) in [5.74, 6) is -0.0453. The number of pyridine rings is 1. The van der Waals surface area contributed by atoms with Crippen LogP contribution in [0.3, 0.4) is 0 Å². The Morgan fingerprint density at radius 3 is 2.56 bits per heavy atom. The number of nitrogen functional groups attached to an aromatic ring is 1. The Balaban J connectivity index is 2.15. The number of rotatable bonds is 2. The van der Waals surface area contributed by atoms with Crippen LogP contribution < -0.4 is 5.73 Å². The number of benzene rings is 1. The minimum absolute atomic E-state index is 0.0453. The van der Waals surface area contributed by atoms with Crippen LogP contribution in [0, 0.1) is 0 Å². The second-order valence-electron chi connectivity index (χ2n) is 3.91. The zero-order valence-corrected chi connectivity index (χ0v) is 10.3. The van der Waals surface area contributed by atoms with Crippen molar-refractivity contribution in [3.63, 3.8) is 0 Å². The number of carbonyl (C=O) groups excluding carboxylic acids is 1. The first kappa shape index (κ1) is 10.9. The van der Waals surface area contributed by atoms with Crippen LogP contribution in [0.5, 0.6) is 0 Å². The number of hydrogen-bond donors (Lipinski definition) is 1. The molecule has 3 aromatic rings. The third-order valence-electron chi connectivity index (χ3n) is 2.78. The number of thiophene rings is 1. The highest BCUT2D eigenvalue weighted by atomic mass is 32.1. The summed E-state index contributed by atoms with van der Waals surface area (Å²) in [7, 11) is 0. The van der Waals surface area contributed by atoms with Gasteiger partial charge < -0.3 is 5.73 Å². The number of ketones is 1. The summed E-state index contributed by atoms with van der Waals surface area (Å²) < 4.78 is 1.03. The molecule has 0 unspecified atom stereocenters. The summed E-state index contributed by atoms with van der Waals surface area (Å²) >= 11 is 1.43. The van der Waals surface area contributed by atoms with E-state index in [0.717, 1.165) is 10.1 Å². The molecule has 1 aromatic carbocycles. The predicted octanol–water partition coefficient (Wildman–Crippen LogP) is 3.11. The second-order valence-corrected chi connectivity index (χ2v) is 4.96. The van der Waals surface area contributed by atoms with E-state index in [4.69, 9.17) is 5.73 Å². The quantitative estimate of drug-likeness (QED) is 0.715. The Labute approximate surface area is 108 Å². The molecule has 2 aromatic heterocycles. The van der Waals surface area contributed by atoms with Crippen LogP contribution in [0.15, 0.2) is 48.8 Å². The SMILES string of the molecule is Nc1c(C(=O)c2ccncc2)sc2ccccc12. The Bertz CT molecular complexity index is 719. The molecule has 2 N–H and O–H groups in total. The summed E-state index contributed by atoms with van der Waals surface area (Å²) in [4.78, 5) is 16.8. The van der Waals surface area contributed by atoms with Gasteiger partial charge in [0.1, 0.15) is 0 Å². The fraction of sp³-hybridized carbons (Fsp3) is 0. The smallest absolute Gasteiger partial charge is 0.205 e. The van der Waals surface area contributed by atoms with Crippen molar-refractivity contribution in [2.75, 3.05) is 5.73 Å². The van der Waals surface area contributed by atoms with Gasteiger partial charge in [-0.15, -0.1) is 11.3 Å². The van der Waals surface area contributed by atoms with Gasteiger partial charge in [0.15, 0.2) is 0 Å². The minimum atomic E-state index is -0.0453. The van der Waals surface area contributed by atoms with E-state index >= 15 is 0 Å². The van der Waals surface area contributed by atoms with Crippen molar-refractivity contribution in [3.05, 3.63) is 59.2 Å². The Kier molecular flexibility index (Phi) is 2.57. The minimum Gasteiger partial charge on any atom is -0.397 e. The van der Waals surface area contributed by atoms with Crippen LogP contribution in [-0.4, -0.2) is 10.8 Å². The first-order chi connectivity index (χ1) is 8.77. The van der Waals surface area contributed by atoms with E-state index in [1.165, 1.54) is 11.3 Å². The molecule has 0 bridgehead atoms. The molecule has 88 valence electrons. The average Bonchev–Trinajstić information content (AvgIpc) is 2.77. The summed E-state index contributed by atoms with van der Waals surface area (Å²) in [6.45, 7) is 0. The standard InChI is InChI=1S/C14H10N2OS/c15-12-10-3-1-2-4-11(10)18-14(12)13(17)9-5-7-16-8-6-9/h1-8H,15H2. The van der Waals surface area contributed by atoms with Crippen LogP contribution in [0.1, 0.15) is 15.2 Å². The van der Waals surface area contributed by atoms with Gasteiger partial charge in [0, 0.05) is 28.0 Å². The third kappa shape index (κ3) is 1.67. The largest absolute Gasteiger partial charge is 0.397 e. The molecule has 0 spiro atoms. The van der Waals surface area contributed by atoms with Crippen molar-refractivity contribution in [2.24, 2.45) is 0 Å². The highest BCUT2D eigenvalue weighted by Gasteiger charge is 2.17. The molecule has 0 radical (unpaired) electrons. The summed E-state index contributed by atoms with van der Waals surface area (Å²) in [5, 5.41) is 0.944. The maximum Gasteiger partial charge on any atom is 0.205 e. The Morgan fingerprint density at radius 1 is 1.11 bits per heavy atom. The van der Waals surface area contributed by atoms with Crippen LogP contribution >= 0.6 is 11.3 Å². The topological polar surface area (TPSA) is 56.0 Å². The van der Waals surface area contributed by atoms with Crippen LogP contribution in [0.4, 0.5) is 5.69 Å². The fourth-order valence-electron chi connectivity index (χ4n) is 1.87. The van der Waals surface area contributed by atoms with E-state index < -0.39 is 0 Å². The van der Waals surface area contributed by atoms with Crippen LogP contribution in [-0.2, 0) is 0 Å². The zero-order chi connectivity index (χ0) is 12.5. The molecule has 3 rings (SSSR count). The van der Waals surface area contributed by atoms with E-state index in [9.17, 15) is 4.79 Å². The monoisotopic (exact) mass is 254 g/mol. The summed E-state index contributed by atoms with van der Waals surface area (Å²) in [6, 6.07) is 11.2. The number of nitrogens with zero attached hydrogens (tertiary/aromatic N) is 1. The number of aromatic nitrogens is 1. The van der Waals surface area contributed by atoms with Gasteiger partial charge in [-0.1, -0.05) is 18.2 Å². The van der Waals surface area contributed by atoms with Crippen molar-refractivity contribution >= 4 is 32.9 Å². The zero-order valence-electron chi connectivity index (χ0n) is 9.46. The number of fused-ring (bicyclic) bond motifs is 1. The molecule has 0 amide bonds. The molecule has 0 saturated carbocycles. The Hall–Kier alpha value is -2.20. The van der Waals surface area contributed by atoms with Gasteiger partial charge in [-0.05, 0) is 18.2 Å². The van der Waals surface area contributed by atoms with Gasteiger partial charge in [-0.2, -0.15) is 0 Å². The van der Waals surface area contributed by atoms with Crippen LogP contribution in [0.2, 0.25) is 0 Å². The molecule has 0 aliphatic heterocycles. The van der Waals surface area contributed by atoms with E-state index in [-0.39, 0.29) is 5.78 Å². The van der Waals surface area contributed by atoms with Crippen molar-refractivity contribution in [1.29, 1.82) is 0 Å². The number of carbonyl (C=O) groups is 1. The van der Waals surface area contributed by atoms with Crippen molar-refractivity contribution < 1.29 is 4.79 Å². The predicted molar refractivity (Wildman–Crippen MR) is 73.9 cm³/mol. The first-order valence-electron chi connectivity index (χ1n) is 5.49. The summed E-state index contributed by atoms with van der Waals surface area (Å²) in [6.07, 6.45) is 3.22. The van der Waals surface area contributed by atoms with E-state index in [1.54, 1.807) is 24.5 Å². The summed E-state index contributed by atoms with van der Waals surface area (Å²) in [5.41, 5.74) is 7.23. The lowest BCUT2D eigenvalue weighted by molar-refractivity contribution is 0.104. The lowest BCUT2D eigenvalue weighted by Gasteiger charge is -1.98. The van der Waals surface area contributed by atoms with Gasteiger partial charge in [0.05, 0.1) is 10.6 Å². The normalized spacial score (nSPS) is 10.7. The van der Waals surface area contributed by atoms with Gasteiger partial charge >= 0.3 is 0 Å². The van der Waals surface area contributed by atoms with Gasteiger partial charge in [0.25, 0.3) is 0 Å². The molecule has 3 nitrogen and oxygen atoms in total. The highest BCUT2D eigenvalue weighted by molar-refractivity contribution is 7.21. The van der Waals surface area contributed by atoms with Crippen molar-refractivity contribution in [1.82, 2.24) is 4.98 Å². The van der Waals surface area contributed by atoms with E-state index in [1.807, 2.05) is 24.3 Å². The Morgan fingerprint density at radius 2 is 1.83 bits per heavy atom. The molecule has 0 fully saturated rings. The van der Waals surface area contributed by atoms with E-state index in [0.29, 0.717) is 16.1 Å². The molecule has 18 heavy (non-hydrogen) atoms. The van der Waals surface area contributed by atoms with Crippen molar-refractivity contribution in [2.45, 2.75) is 0 Å². The molecule has 0 aliphatic carbocycles. The lowest BCUT2D eigenvalue weighted by Crippen LogP contribution is -2.01. The molecule has 0 atom stereocenters. The lowest BCUT2D eigenvalue weighted by atomic mass is 10.1. The maximum atomic E-state index is 12.3. The highest BCUT2D eigenvalue weighted by Crippen LogP contribution is 2.34. The molecular formula is C14H10N2OS. The average molecular weight is 254 g/mol. The molecule has 0 aliphatic rings. The number of nitrogens with two attached hydrogens (primary N) is 1. The molecule has 4 heteroatoms. The number of anilines is 1. The van der Waals surface area contributed by atoms with Crippen LogP contribution in [0.25, 0.3) is 10.1 Å². The molecular weight excluding hydrogens is 244 g/mol. The maximum absolute atomic E-state index is 12.3. The first-order valence-corrected chi connectivity index (χ1v) is 6.31. The number of hydrogen-bond acceptors (Lipinski definition) is 4. The fourth-order valence-corrected chi connectivity index (χ4v) is 2.95. The second kappa shape index (κ2) is 4.23.